The Labute approximate surface area is 400 Å². The number of anilines is 1. The number of epoxide rings is 1. The van der Waals surface area contributed by atoms with E-state index in [1.165, 1.54) is 11.1 Å². The molecule has 368 valence electrons. The molecule has 0 aromatic heterocycles. The first-order chi connectivity index (χ1) is 31.7. The zero-order valence-electron chi connectivity index (χ0n) is 41.9. The second kappa shape index (κ2) is 17.9. The van der Waals surface area contributed by atoms with Gasteiger partial charge in [0.15, 0.2) is 5.78 Å². The highest BCUT2D eigenvalue weighted by atomic mass is 16.6. The SMILES string of the molecule is CNCc1cc(O)cc(C2CC3(C)C(C(NCC(C)O)CC4(C)C3CCC3=C(C(CC(O)C5OC5(C)C5CCCC5c5cccc(N)c5)C5CCCC(CO)C5)C(=O)CC34C)C(C)(C)C2=O)c1. The van der Waals surface area contributed by atoms with E-state index in [4.69, 9.17) is 10.5 Å². The zero-order chi connectivity index (χ0) is 48.0. The van der Waals surface area contributed by atoms with Gasteiger partial charge in [0.25, 0.3) is 0 Å². The average Bonchev–Trinajstić information content (AvgIpc) is 3.57. The molecule has 2 aromatic rings. The summed E-state index contributed by atoms with van der Waals surface area (Å²) in [6.07, 6.45) is 9.40. The van der Waals surface area contributed by atoms with Gasteiger partial charge < -0.3 is 41.5 Å². The highest BCUT2D eigenvalue weighted by Crippen LogP contribution is 2.75. The molecule has 10 nitrogen and oxygen atoms in total. The lowest BCUT2D eigenvalue weighted by atomic mass is 9.34. The number of phenols is 1. The van der Waals surface area contributed by atoms with Crippen LogP contribution in [0.25, 0.3) is 0 Å². The van der Waals surface area contributed by atoms with E-state index in [2.05, 4.69) is 70.4 Å². The fourth-order valence-corrected chi connectivity index (χ4v) is 17.4. The Bertz CT molecular complexity index is 2240. The van der Waals surface area contributed by atoms with Gasteiger partial charge in [-0.05, 0) is 184 Å². The van der Waals surface area contributed by atoms with Crippen LogP contribution < -0.4 is 16.4 Å². The van der Waals surface area contributed by atoms with E-state index < -0.39 is 34.6 Å². The molecule has 6 aliphatic carbocycles. The van der Waals surface area contributed by atoms with E-state index in [1.807, 2.05) is 26.1 Å². The topological polar surface area (TPSA) is 178 Å². The van der Waals surface area contributed by atoms with Gasteiger partial charge in [0, 0.05) is 54.6 Å². The molecule has 6 fully saturated rings. The van der Waals surface area contributed by atoms with Crippen LogP contribution >= 0.6 is 0 Å². The van der Waals surface area contributed by atoms with Gasteiger partial charge in [-0.3, -0.25) is 9.59 Å². The standard InChI is InChI=1S/C57H83N3O7/c1-32(62)29-60-45-27-56(6)48(54(4)26-42(51(66)53(2,3)50(45)54)37-21-34(30-59-8)22-39(63)24-37)19-18-44-49(47(65)28-55(44,56)5)41(35-13-9-12-33(20-35)31-61)25-46(64)52-57(7,67-52)43-17-11-16-40(43)36-14-10-15-38(58)23-36/h10,14-15,21-24,32-33,35,40-43,45-46,48,50,52,59-64H,9,11-13,16-20,25-31,58H2,1-8H3. The quantitative estimate of drug-likeness (QED) is 0.0717. The predicted octanol–water partition coefficient (Wildman–Crippen LogP) is 8.74. The summed E-state index contributed by atoms with van der Waals surface area (Å²) in [6, 6.07) is 13.8. The molecule has 1 heterocycles. The molecule has 0 amide bonds. The van der Waals surface area contributed by atoms with Crippen molar-refractivity contribution in [3.8, 4) is 5.75 Å². The average molecular weight is 922 g/mol. The second-order valence-corrected chi connectivity index (χ2v) is 24.6. The molecule has 5 saturated carbocycles. The number of nitrogens with two attached hydrogens (primary N) is 1. The Morgan fingerprint density at radius 1 is 0.925 bits per heavy atom. The molecule has 1 aliphatic heterocycles. The highest BCUT2D eigenvalue weighted by molar-refractivity contribution is 6.01. The van der Waals surface area contributed by atoms with Gasteiger partial charge in [-0.25, -0.2) is 0 Å². The number of Topliss-reactive ketones (excluding diaryl/α,β-unsaturated/α-hetero) is 2. The van der Waals surface area contributed by atoms with Crippen LogP contribution in [0.3, 0.4) is 0 Å². The van der Waals surface area contributed by atoms with Gasteiger partial charge in [-0.15, -0.1) is 0 Å². The minimum absolute atomic E-state index is 0.0208. The van der Waals surface area contributed by atoms with Crippen LogP contribution in [0, 0.1) is 57.2 Å². The Morgan fingerprint density at radius 3 is 2.40 bits per heavy atom. The Balaban J connectivity index is 1.08. The van der Waals surface area contributed by atoms with Crippen LogP contribution in [0.1, 0.15) is 160 Å². The minimum Gasteiger partial charge on any atom is -0.508 e. The first-order valence-corrected chi connectivity index (χ1v) is 26.2. The Kier molecular flexibility index (Phi) is 13.1. The molecule has 16 atom stereocenters. The number of hydrogen-bond donors (Lipinski definition) is 7. The van der Waals surface area contributed by atoms with Crippen molar-refractivity contribution in [2.75, 3.05) is 25.9 Å². The van der Waals surface area contributed by atoms with Crippen molar-refractivity contribution in [3.63, 3.8) is 0 Å². The number of carbonyl (C=O) groups excluding carboxylic acids is 2. The van der Waals surface area contributed by atoms with Gasteiger partial charge in [0.1, 0.15) is 17.6 Å². The molecular weight excluding hydrogens is 839 g/mol. The summed E-state index contributed by atoms with van der Waals surface area (Å²) in [5, 5.41) is 51.8. The summed E-state index contributed by atoms with van der Waals surface area (Å²) in [4.78, 5) is 30.4. The number of phenolic OH excluding ortho intramolecular Hbond substituents is 1. The van der Waals surface area contributed by atoms with Crippen LogP contribution in [0.15, 0.2) is 53.6 Å². The van der Waals surface area contributed by atoms with Crippen molar-refractivity contribution in [2.45, 2.75) is 180 Å². The third kappa shape index (κ3) is 8.17. The molecular formula is C57H83N3O7. The first kappa shape index (κ1) is 48.9. The van der Waals surface area contributed by atoms with Crippen LogP contribution in [0.4, 0.5) is 5.69 Å². The summed E-state index contributed by atoms with van der Waals surface area (Å²) in [6.45, 7) is 16.6. The fourth-order valence-electron chi connectivity index (χ4n) is 17.4. The van der Waals surface area contributed by atoms with E-state index in [-0.39, 0.29) is 82.4 Å². The number of benzene rings is 2. The van der Waals surface area contributed by atoms with Crippen molar-refractivity contribution < 1.29 is 34.8 Å². The number of nitrogen functional groups attached to an aromatic ring is 1. The number of aliphatic hydroxyl groups excluding tert-OH is 3. The van der Waals surface area contributed by atoms with Crippen molar-refractivity contribution in [1.29, 1.82) is 0 Å². The summed E-state index contributed by atoms with van der Waals surface area (Å²) < 4.78 is 6.68. The van der Waals surface area contributed by atoms with Gasteiger partial charge in [0.2, 0.25) is 0 Å². The Morgan fingerprint density at radius 2 is 1.69 bits per heavy atom. The molecule has 9 rings (SSSR count). The van der Waals surface area contributed by atoms with Crippen LogP contribution in [0.2, 0.25) is 0 Å². The zero-order valence-corrected chi connectivity index (χ0v) is 41.9. The number of aromatic hydroxyl groups is 1. The van der Waals surface area contributed by atoms with Gasteiger partial charge in [-0.2, -0.15) is 0 Å². The highest BCUT2D eigenvalue weighted by Gasteiger charge is 2.72. The van der Waals surface area contributed by atoms with Crippen molar-refractivity contribution in [3.05, 3.63) is 70.3 Å². The first-order valence-electron chi connectivity index (χ1n) is 26.2. The fraction of sp³-hybridized carbons (Fsp3) is 0.719. The number of aliphatic hydroxyl groups is 3. The maximum Gasteiger partial charge on any atom is 0.160 e. The van der Waals surface area contributed by atoms with Crippen LogP contribution in [0.5, 0.6) is 5.75 Å². The van der Waals surface area contributed by atoms with Crippen molar-refractivity contribution >= 4 is 17.3 Å². The monoisotopic (exact) mass is 922 g/mol. The number of nitrogens with one attached hydrogen (secondary N) is 2. The van der Waals surface area contributed by atoms with Gasteiger partial charge in [-0.1, -0.05) is 71.2 Å². The summed E-state index contributed by atoms with van der Waals surface area (Å²) in [5.41, 5.74) is 10.0. The van der Waals surface area contributed by atoms with E-state index >= 15 is 9.59 Å². The van der Waals surface area contributed by atoms with Crippen LogP contribution in [-0.2, 0) is 20.9 Å². The summed E-state index contributed by atoms with van der Waals surface area (Å²) in [5.74, 6) is 1.16. The minimum atomic E-state index is -0.736. The number of hydrogen-bond acceptors (Lipinski definition) is 10. The largest absolute Gasteiger partial charge is 0.508 e. The number of fused-ring (bicyclic) bond motifs is 5. The number of rotatable bonds is 14. The van der Waals surface area contributed by atoms with Crippen molar-refractivity contribution in [1.82, 2.24) is 10.6 Å². The molecule has 1 saturated heterocycles. The predicted molar refractivity (Wildman–Crippen MR) is 263 cm³/mol. The maximum atomic E-state index is 15.3. The van der Waals surface area contributed by atoms with E-state index in [0.717, 1.165) is 86.6 Å². The second-order valence-electron chi connectivity index (χ2n) is 24.6. The third-order valence-electron chi connectivity index (χ3n) is 20.2. The molecule has 67 heavy (non-hydrogen) atoms. The third-order valence-corrected chi connectivity index (χ3v) is 20.2. The van der Waals surface area contributed by atoms with Crippen molar-refractivity contribution in [2.24, 2.45) is 57.2 Å². The van der Waals surface area contributed by atoms with E-state index in [1.54, 1.807) is 12.1 Å². The number of carbonyl (C=O) groups is 2. The number of allylic oxidation sites excluding steroid dienone is 2. The lowest BCUT2D eigenvalue weighted by Gasteiger charge is -2.70. The normalized spacial score (nSPS) is 40.5. The van der Waals surface area contributed by atoms with Gasteiger partial charge >= 0.3 is 0 Å². The number of ether oxygens (including phenoxy) is 1. The molecule has 16 unspecified atom stereocenters. The van der Waals surface area contributed by atoms with E-state index in [9.17, 15) is 20.4 Å². The smallest absolute Gasteiger partial charge is 0.160 e. The Hall–Kier alpha value is -3.12. The molecule has 10 heteroatoms. The summed E-state index contributed by atoms with van der Waals surface area (Å²) >= 11 is 0. The molecule has 8 N–H and O–H groups in total. The van der Waals surface area contributed by atoms with E-state index in [0.29, 0.717) is 38.3 Å². The van der Waals surface area contributed by atoms with Crippen LogP contribution in [-0.4, -0.2) is 82.1 Å². The summed E-state index contributed by atoms with van der Waals surface area (Å²) in [7, 11) is 1.89. The molecule has 0 bridgehead atoms. The van der Waals surface area contributed by atoms with Gasteiger partial charge in [0.05, 0.1) is 17.8 Å². The molecule has 0 radical (unpaired) electrons. The molecule has 2 aromatic carbocycles. The lowest BCUT2D eigenvalue weighted by molar-refractivity contribution is -0.193. The maximum absolute atomic E-state index is 15.3. The molecule has 0 spiro atoms. The molecule has 7 aliphatic rings. The lowest BCUT2D eigenvalue weighted by Crippen LogP contribution is -2.69. The number of ketones is 2.